The predicted molar refractivity (Wildman–Crippen MR) is 44.4 cm³/mol. The lowest BCUT2D eigenvalue weighted by Crippen LogP contribution is -2.51. The van der Waals surface area contributed by atoms with Crippen LogP contribution >= 0.6 is 0 Å². The van der Waals surface area contributed by atoms with Gasteiger partial charge in [-0.1, -0.05) is 13.0 Å². The molecule has 1 rings (SSSR count). The normalized spacial score (nSPS) is 42.6. The van der Waals surface area contributed by atoms with E-state index in [0.29, 0.717) is 12.0 Å². The molecule has 0 bridgehead atoms. The Morgan fingerprint density at radius 2 is 1.92 bits per heavy atom. The van der Waals surface area contributed by atoms with Crippen molar-refractivity contribution in [3.05, 3.63) is 11.6 Å². The summed E-state index contributed by atoms with van der Waals surface area (Å²) >= 11 is 0. The van der Waals surface area contributed by atoms with Crippen LogP contribution in [0.3, 0.4) is 0 Å². The fraction of sp³-hybridized carbons (Fsp3) is 0.750. The zero-order valence-corrected chi connectivity index (χ0v) is 7.01. The van der Waals surface area contributed by atoms with E-state index in [4.69, 9.17) is 5.73 Å². The summed E-state index contributed by atoms with van der Waals surface area (Å²) in [5.41, 5.74) is 6.19. The van der Waals surface area contributed by atoms with E-state index in [1.165, 1.54) is 0 Å². The average Bonchev–Trinajstić information content (AvgIpc) is 2.08. The first kappa shape index (κ1) is 9.67. The van der Waals surface area contributed by atoms with Crippen molar-refractivity contribution in [3.8, 4) is 0 Å². The number of aliphatic hydroxyl groups is 3. The van der Waals surface area contributed by atoms with E-state index in [1.54, 1.807) is 6.08 Å². The first-order valence-electron chi connectivity index (χ1n) is 4.08. The van der Waals surface area contributed by atoms with Crippen LogP contribution in [0.15, 0.2) is 11.6 Å². The van der Waals surface area contributed by atoms with Crippen molar-refractivity contribution in [2.45, 2.75) is 37.7 Å². The number of rotatable bonds is 1. The molecule has 0 aromatic rings. The lowest BCUT2D eigenvalue weighted by Gasteiger charge is -2.32. The van der Waals surface area contributed by atoms with Gasteiger partial charge in [0.05, 0.1) is 6.04 Å². The van der Waals surface area contributed by atoms with Gasteiger partial charge in [-0.05, 0) is 12.0 Å². The molecular formula is C8H15NO3. The highest BCUT2D eigenvalue weighted by Crippen LogP contribution is 2.21. The number of hydrogen-bond donors (Lipinski definition) is 4. The van der Waals surface area contributed by atoms with Gasteiger partial charge in [-0.2, -0.15) is 0 Å². The summed E-state index contributed by atoms with van der Waals surface area (Å²) in [6.07, 6.45) is -0.930. The van der Waals surface area contributed by atoms with Gasteiger partial charge in [0.1, 0.15) is 18.3 Å². The molecule has 2 unspecified atom stereocenters. The molecule has 4 nitrogen and oxygen atoms in total. The minimum absolute atomic E-state index is 0.571. The Kier molecular flexibility index (Phi) is 2.85. The number of aliphatic hydroxyl groups excluding tert-OH is 3. The Balaban J connectivity index is 2.84. The molecule has 0 fully saturated rings. The lowest BCUT2D eigenvalue weighted by atomic mass is 9.87. The van der Waals surface area contributed by atoms with Crippen LogP contribution in [0.25, 0.3) is 0 Å². The smallest absolute Gasteiger partial charge is 0.111 e. The monoisotopic (exact) mass is 173 g/mol. The van der Waals surface area contributed by atoms with Crippen molar-refractivity contribution < 1.29 is 15.3 Å². The van der Waals surface area contributed by atoms with Crippen molar-refractivity contribution in [3.63, 3.8) is 0 Å². The maximum absolute atomic E-state index is 9.39. The Morgan fingerprint density at radius 3 is 2.42 bits per heavy atom. The standard InChI is InChI=1S/C8H15NO3/c1-2-4-3-5(9)7(11)8(12)6(4)10/h3,5-8,10-12H,2,9H2,1H3/t5?,6?,7-,8+/m1/s1. The quantitative estimate of drug-likeness (QED) is 0.373. The fourth-order valence-electron chi connectivity index (χ4n) is 1.41. The molecule has 0 saturated carbocycles. The van der Waals surface area contributed by atoms with Crippen molar-refractivity contribution >= 4 is 0 Å². The Labute approximate surface area is 71.3 Å². The highest BCUT2D eigenvalue weighted by molar-refractivity contribution is 5.20. The maximum atomic E-state index is 9.39. The third-order valence-corrected chi connectivity index (χ3v) is 2.26. The molecule has 1 aliphatic rings. The topological polar surface area (TPSA) is 86.7 Å². The summed E-state index contributed by atoms with van der Waals surface area (Å²) in [7, 11) is 0. The van der Waals surface area contributed by atoms with Crippen LogP contribution in [-0.2, 0) is 0 Å². The van der Waals surface area contributed by atoms with E-state index in [2.05, 4.69) is 0 Å². The van der Waals surface area contributed by atoms with Crippen molar-refractivity contribution in [1.82, 2.24) is 0 Å². The summed E-state index contributed by atoms with van der Waals surface area (Å²) in [5.74, 6) is 0. The van der Waals surface area contributed by atoms with Crippen LogP contribution in [-0.4, -0.2) is 39.7 Å². The second kappa shape index (κ2) is 3.53. The molecule has 5 N–H and O–H groups in total. The first-order valence-corrected chi connectivity index (χ1v) is 4.08. The van der Waals surface area contributed by atoms with Gasteiger partial charge >= 0.3 is 0 Å². The lowest BCUT2D eigenvalue weighted by molar-refractivity contribution is -0.0575. The Hall–Kier alpha value is -0.420. The molecule has 0 aliphatic heterocycles. The van der Waals surface area contributed by atoms with Gasteiger partial charge in [-0.25, -0.2) is 0 Å². The number of hydrogen-bond acceptors (Lipinski definition) is 4. The summed E-state index contributed by atoms with van der Waals surface area (Å²) in [6, 6.07) is -0.571. The predicted octanol–water partition coefficient (Wildman–Crippen LogP) is -1.25. The Morgan fingerprint density at radius 1 is 1.33 bits per heavy atom. The summed E-state index contributed by atoms with van der Waals surface area (Å²) in [5, 5.41) is 27.9. The highest BCUT2D eigenvalue weighted by atomic mass is 16.4. The van der Waals surface area contributed by atoms with Gasteiger partial charge in [0.15, 0.2) is 0 Å². The molecule has 12 heavy (non-hydrogen) atoms. The first-order chi connectivity index (χ1) is 5.57. The second-order valence-corrected chi connectivity index (χ2v) is 3.10. The van der Waals surface area contributed by atoms with Gasteiger partial charge in [0.2, 0.25) is 0 Å². The largest absolute Gasteiger partial charge is 0.388 e. The number of nitrogens with two attached hydrogens (primary N) is 1. The van der Waals surface area contributed by atoms with E-state index >= 15 is 0 Å². The molecule has 0 saturated heterocycles. The third kappa shape index (κ3) is 1.51. The van der Waals surface area contributed by atoms with Crippen LogP contribution in [0.1, 0.15) is 13.3 Å². The SMILES string of the molecule is CCC1=CC(N)[C@@H](O)[C@@H](O)C1O. The fourth-order valence-corrected chi connectivity index (χ4v) is 1.41. The van der Waals surface area contributed by atoms with Crippen LogP contribution < -0.4 is 5.73 Å². The second-order valence-electron chi connectivity index (χ2n) is 3.10. The summed E-state index contributed by atoms with van der Waals surface area (Å²) < 4.78 is 0. The van der Waals surface area contributed by atoms with Crippen LogP contribution in [0.2, 0.25) is 0 Å². The molecule has 4 atom stereocenters. The molecule has 0 radical (unpaired) electrons. The van der Waals surface area contributed by atoms with Gasteiger partial charge in [0.25, 0.3) is 0 Å². The molecule has 0 aromatic carbocycles. The van der Waals surface area contributed by atoms with Crippen molar-refractivity contribution in [2.24, 2.45) is 5.73 Å². The molecule has 70 valence electrons. The van der Waals surface area contributed by atoms with Crippen molar-refractivity contribution in [2.75, 3.05) is 0 Å². The van der Waals surface area contributed by atoms with Crippen LogP contribution in [0.4, 0.5) is 0 Å². The zero-order valence-electron chi connectivity index (χ0n) is 7.01. The van der Waals surface area contributed by atoms with E-state index in [9.17, 15) is 15.3 Å². The molecular weight excluding hydrogens is 158 g/mol. The van der Waals surface area contributed by atoms with Crippen LogP contribution in [0.5, 0.6) is 0 Å². The van der Waals surface area contributed by atoms with E-state index in [-0.39, 0.29) is 0 Å². The van der Waals surface area contributed by atoms with E-state index in [0.717, 1.165) is 0 Å². The molecule has 0 amide bonds. The minimum atomic E-state index is -1.15. The molecule has 0 spiro atoms. The van der Waals surface area contributed by atoms with Gasteiger partial charge in [0, 0.05) is 0 Å². The molecule has 0 aromatic heterocycles. The average molecular weight is 173 g/mol. The molecule has 1 aliphatic carbocycles. The summed E-state index contributed by atoms with van der Waals surface area (Å²) in [6.45, 7) is 1.87. The zero-order chi connectivity index (χ0) is 9.30. The summed E-state index contributed by atoms with van der Waals surface area (Å²) in [4.78, 5) is 0. The minimum Gasteiger partial charge on any atom is -0.388 e. The van der Waals surface area contributed by atoms with Gasteiger partial charge < -0.3 is 21.1 Å². The maximum Gasteiger partial charge on any atom is 0.111 e. The van der Waals surface area contributed by atoms with Crippen LogP contribution in [0, 0.1) is 0 Å². The Bertz CT molecular complexity index is 193. The van der Waals surface area contributed by atoms with E-state index in [1.807, 2.05) is 6.92 Å². The highest BCUT2D eigenvalue weighted by Gasteiger charge is 2.34. The van der Waals surface area contributed by atoms with Gasteiger partial charge in [-0.15, -0.1) is 0 Å². The van der Waals surface area contributed by atoms with E-state index < -0.39 is 24.4 Å². The third-order valence-electron chi connectivity index (χ3n) is 2.26. The van der Waals surface area contributed by atoms with Crippen molar-refractivity contribution in [1.29, 1.82) is 0 Å². The molecule has 4 heteroatoms. The van der Waals surface area contributed by atoms with Gasteiger partial charge in [-0.3, -0.25) is 0 Å². The molecule has 0 heterocycles.